The van der Waals surface area contributed by atoms with Gasteiger partial charge in [0.15, 0.2) is 13.7 Å². The van der Waals surface area contributed by atoms with Gasteiger partial charge in [-0.25, -0.2) is 4.79 Å². The van der Waals surface area contributed by atoms with Crippen LogP contribution in [0.2, 0.25) is 0 Å². The molecule has 7 rings (SSSR count). The molecule has 4 aliphatic rings. The van der Waals surface area contributed by atoms with Gasteiger partial charge in [0.05, 0.1) is 0 Å². The lowest BCUT2D eigenvalue weighted by molar-refractivity contribution is -0.598. The van der Waals surface area contributed by atoms with Gasteiger partial charge >= 0.3 is 27.2 Å². The number of carbonyl (C=O) groups excluding carboxylic acids is 1. The van der Waals surface area contributed by atoms with E-state index >= 15 is 0 Å². The molecule has 0 spiro atoms. The maximum atomic E-state index is 12.8. The molecule has 4 aliphatic carbocycles. The maximum absolute atomic E-state index is 12.8. The fourth-order valence-corrected chi connectivity index (χ4v) is 9.83. The van der Waals surface area contributed by atoms with Crippen molar-refractivity contribution >= 4 is 5.97 Å². The molecule has 4 bridgehead atoms. The Kier molecular flexibility index (Phi) is 8.34. The minimum Gasteiger partial charge on any atom is -0.489 e. The average molecular weight is 680 g/mol. The molecule has 3 aromatic rings. The molecule has 0 amide bonds. The van der Waals surface area contributed by atoms with Crippen molar-refractivity contribution < 1.29 is 40.2 Å². The molecule has 4 nitrogen and oxygen atoms in total. The van der Waals surface area contributed by atoms with Gasteiger partial charge in [-0.3, -0.25) is 0 Å². The third-order valence-corrected chi connectivity index (χ3v) is 13.0. The minimum atomic E-state index is -0.314. The first-order valence-corrected chi connectivity index (χ1v) is 17.6. The van der Waals surface area contributed by atoms with Crippen LogP contribution < -0.4 is 30.7 Å². The van der Waals surface area contributed by atoms with E-state index in [0.29, 0.717) is 24.2 Å². The molecule has 0 aliphatic heterocycles. The van der Waals surface area contributed by atoms with E-state index in [4.69, 9.17) is 14.2 Å². The second-order valence-electron chi connectivity index (χ2n) is 13.9. The molecule has 0 heterocycles. The van der Waals surface area contributed by atoms with Gasteiger partial charge in [0, 0.05) is 5.56 Å². The van der Waals surface area contributed by atoms with E-state index in [1.54, 1.807) is 0 Å². The summed E-state index contributed by atoms with van der Waals surface area (Å²) < 4.78 is 20.9. The van der Waals surface area contributed by atoms with Crippen molar-refractivity contribution in [3.63, 3.8) is 0 Å². The highest BCUT2D eigenvalue weighted by Gasteiger charge is 2.57. The fraction of sp³-hybridized carbons (Fsp3) is 0.486. The summed E-state index contributed by atoms with van der Waals surface area (Å²) in [5.41, 5.74) is 3.57. The van der Waals surface area contributed by atoms with Crippen LogP contribution in [-0.2, 0) is 21.6 Å². The summed E-state index contributed by atoms with van der Waals surface area (Å²) in [4.78, 5) is 12.8. The quantitative estimate of drug-likeness (QED) is 0.233. The zero-order valence-corrected chi connectivity index (χ0v) is 27.8. The summed E-state index contributed by atoms with van der Waals surface area (Å²) in [5, 5.41) is 0. The molecule has 222 valence electrons. The van der Waals surface area contributed by atoms with E-state index in [2.05, 4.69) is 77.1 Å². The number of esters is 1. The molecule has 3 aromatic carbocycles. The molecular formula is C37H44IO4+. The van der Waals surface area contributed by atoms with Crippen LogP contribution in [-0.4, -0.2) is 18.2 Å². The van der Waals surface area contributed by atoms with E-state index in [1.807, 2.05) is 24.3 Å². The number of halogens is 1. The molecular weight excluding hydrogens is 635 g/mol. The standard InChI is InChI=1S/C37H44IO4/c1-24-16-33(14-15-34(24)38-31-10-8-28(9-11-31)36(2,3)4)40-22-25-6-12-32(13-7-25)41-23-35(39)42-37(5)29-18-26-17-27(20-29)21-30(37)19-26/h6-16,26-27,29-30H,17-23H2,1-5H3/q+1. The van der Waals surface area contributed by atoms with Crippen molar-refractivity contribution in [2.45, 2.75) is 84.3 Å². The molecule has 4 saturated carbocycles. The molecule has 0 saturated heterocycles. The van der Waals surface area contributed by atoms with E-state index in [-0.39, 0.29) is 44.8 Å². The molecule has 0 unspecified atom stereocenters. The normalized spacial score (nSPS) is 26.2. The molecule has 0 N–H and O–H groups in total. The van der Waals surface area contributed by atoms with Crippen LogP contribution in [0.5, 0.6) is 11.5 Å². The van der Waals surface area contributed by atoms with E-state index in [1.165, 1.54) is 50.4 Å². The van der Waals surface area contributed by atoms with Crippen molar-refractivity contribution in [3.05, 3.63) is 90.6 Å². The van der Waals surface area contributed by atoms with Crippen LogP contribution in [0.3, 0.4) is 0 Å². The predicted octanol–water partition coefficient (Wildman–Crippen LogP) is 5.14. The zero-order chi connectivity index (χ0) is 29.5. The van der Waals surface area contributed by atoms with Gasteiger partial charge in [0.1, 0.15) is 23.7 Å². The number of carbonyl (C=O) groups is 1. The SMILES string of the molecule is Cc1cc(OCc2ccc(OCC(=O)OC3(C)C4CC5CC(C4)CC3C5)cc2)ccc1[I+]c1ccc(C(C)(C)C)cc1. The number of benzene rings is 3. The summed E-state index contributed by atoms with van der Waals surface area (Å²) in [6.45, 7) is 11.5. The predicted molar refractivity (Wildman–Crippen MR) is 162 cm³/mol. The molecule has 0 radical (unpaired) electrons. The number of aryl methyl sites for hydroxylation is 1. The minimum absolute atomic E-state index is 0.0489. The first-order valence-electron chi connectivity index (χ1n) is 15.5. The summed E-state index contributed by atoms with van der Waals surface area (Å²) in [6.07, 6.45) is 6.27. The van der Waals surface area contributed by atoms with E-state index in [9.17, 15) is 4.79 Å². The Morgan fingerprint density at radius 3 is 2.05 bits per heavy atom. The monoisotopic (exact) mass is 679 g/mol. The number of ether oxygens (including phenoxy) is 3. The van der Waals surface area contributed by atoms with E-state index < -0.39 is 0 Å². The highest BCUT2D eigenvalue weighted by molar-refractivity contribution is 5.71. The third-order valence-electron chi connectivity index (χ3n) is 9.83. The van der Waals surface area contributed by atoms with Crippen LogP contribution in [0.4, 0.5) is 0 Å². The van der Waals surface area contributed by atoms with Crippen LogP contribution in [0.15, 0.2) is 66.7 Å². The van der Waals surface area contributed by atoms with Gasteiger partial charge < -0.3 is 14.2 Å². The Bertz CT molecular complexity index is 1380. The Labute approximate surface area is 261 Å². The van der Waals surface area contributed by atoms with Gasteiger partial charge in [-0.05, 0) is 129 Å². The number of hydrogen-bond acceptors (Lipinski definition) is 4. The Hall–Kier alpha value is -2.54. The van der Waals surface area contributed by atoms with Gasteiger partial charge in [0.2, 0.25) is 0 Å². The topological polar surface area (TPSA) is 44.8 Å². The first kappa shape index (κ1) is 29.5. The largest absolute Gasteiger partial charge is 0.489 e. The summed E-state index contributed by atoms with van der Waals surface area (Å²) in [6, 6.07) is 23.4. The summed E-state index contributed by atoms with van der Waals surface area (Å²) in [5.74, 6) is 4.04. The van der Waals surface area contributed by atoms with Crippen LogP contribution in [0.25, 0.3) is 0 Å². The van der Waals surface area contributed by atoms with Crippen molar-refractivity contribution in [2.24, 2.45) is 23.7 Å². The van der Waals surface area contributed by atoms with Crippen molar-refractivity contribution in [1.29, 1.82) is 0 Å². The lowest BCUT2D eigenvalue weighted by Crippen LogP contribution is -3.61. The summed E-state index contributed by atoms with van der Waals surface area (Å²) in [7, 11) is 0. The van der Waals surface area contributed by atoms with Crippen LogP contribution in [0, 0.1) is 37.7 Å². The lowest BCUT2D eigenvalue weighted by Gasteiger charge is -2.59. The second-order valence-corrected chi connectivity index (χ2v) is 16.9. The van der Waals surface area contributed by atoms with E-state index in [0.717, 1.165) is 23.1 Å². The lowest BCUT2D eigenvalue weighted by atomic mass is 9.50. The fourth-order valence-electron chi connectivity index (χ4n) is 7.50. The summed E-state index contributed by atoms with van der Waals surface area (Å²) >= 11 is -0.236. The van der Waals surface area contributed by atoms with Crippen molar-refractivity contribution in [1.82, 2.24) is 0 Å². The van der Waals surface area contributed by atoms with Gasteiger partial charge in [-0.1, -0.05) is 45.0 Å². The first-order chi connectivity index (χ1) is 20.0. The highest BCUT2D eigenvalue weighted by atomic mass is 127. The zero-order valence-electron chi connectivity index (χ0n) is 25.6. The van der Waals surface area contributed by atoms with Crippen molar-refractivity contribution in [3.8, 4) is 11.5 Å². The van der Waals surface area contributed by atoms with Crippen LogP contribution in [0.1, 0.15) is 76.5 Å². The Balaban J connectivity index is 0.968. The number of rotatable bonds is 9. The molecule has 42 heavy (non-hydrogen) atoms. The molecule has 5 heteroatoms. The highest BCUT2D eigenvalue weighted by Crippen LogP contribution is 2.59. The third kappa shape index (κ3) is 6.51. The van der Waals surface area contributed by atoms with Gasteiger partial charge in [0.25, 0.3) is 0 Å². The Morgan fingerprint density at radius 2 is 1.45 bits per heavy atom. The van der Waals surface area contributed by atoms with Crippen LogP contribution >= 0.6 is 0 Å². The molecule has 0 aromatic heterocycles. The smallest absolute Gasteiger partial charge is 0.358 e. The number of hydrogen-bond donors (Lipinski definition) is 0. The van der Waals surface area contributed by atoms with Gasteiger partial charge in [-0.2, -0.15) is 0 Å². The maximum Gasteiger partial charge on any atom is 0.358 e. The van der Waals surface area contributed by atoms with Crippen molar-refractivity contribution in [2.75, 3.05) is 6.61 Å². The average Bonchev–Trinajstić information content (AvgIpc) is 2.95. The van der Waals surface area contributed by atoms with Gasteiger partial charge in [-0.15, -0.1) is 0 Å². The Morgan fingerprint density at radius 1 is 0.833 bits per heavy atom. The molecule has 4 fully saturated rings. The second kappa shape index (κ2) is 11.9. The molecule has 0 atom stereocenters.